The van der Waals surface area contributed by atoms with E-state index < -0.39 is 352 Å². The number of benzene rings is 2. The molecule has 2 aromatic carbocycles. The minimum Gasteiger partial charge on any atom is -0.508 e. The molecule has 4 heterocycles. The van der Waals surface area contributed by atoms with Gasteiger partial charge >= 0.3 is 11.9 Å². The number of aliphatic carboxylic acids is 2. The number of H-pyrrole nitrogens is 2. The summed E-state index contributed by atoms with van der Waals surface area (Å²) in [4.78, 5) is 340. The highest BCUT2D eigenvalue weighted by Gasteiger charge is 2.46. The second-order valence-corrected chi connectivity index (χ2v) is 36.9. The normalized spacial score (nSPS) is 16.9. The summed E-state index contributed by atoms with van der Waals surface area (Å²) in [7, 11) is 0. The zero-order valence-electron chi connectivity index (χ0n) is 83.1. The number of carboxylic acids is 2. The van der Waals surface area contributed by atoms with Crippen LogP contribution in [0.25, 0.3) is 10.9 Å². The van der Waals surface area contributed by atoms with Crippen LogP contribution in [0.15, 0.2) is 67.3 Å². The second-order valence-electron chi connectivity index (χ2n) is 36.9. The van der Waals surface area contributed by atoms with Crippen molar-refractivity contribution in [1.29, 1.82) is 0 Å². The number of primary amides is 5. The molecule has 0 spiro atoms. The minimum atomic E-state index is -2.07. The molecule has 6 rings (SSSR count). The van der Waals surface area contributed by atoms with Gasteiger partial charge in [-0.15, -0.1) is 0 Å². The second kappa shape index (κ2) is 58.3. The van der Waals surface area contributed by atoms with E-state index in [1.807, 2.05) is 0 Å². The molecular formula is C93H136N26O29. The molecule has 22 amide bonds. The number of aliphatic hydroxyl groups is 2. The smallest absolute Gasteiger partial charge is 0.328 e. The lowest BCUT2D eigenvalue weighted by Crippen LogP contribution is -2.62. The molecule has 2 saturated heterocycles. The van der Waals surface area contributed by atoms with Crippen LogP contribution in [0.4, 0.5) is 0 Å². The highest BCUT2D eigenvalue weighted by Crippen LogP contribution is 2.28. The van der Waals surface area contributed by atoms with E-state index in [2.05, 4.69) is 94.7 Å². The number of aliphatic hydroxyl groups excluding tert-OH is 2. The van der Waals surface area contributed by atoms with Gasteiger partial charge in [-0.3, -0.25) is 110 Å². The number of imidazole rings is 1. The van der Waals surface area contributed by atoms with Crippen LogP contribution in [0, 0.1) is 17.8 Å². The fourth-order valence-corrected chi connectivity index (χ4v) is 16.2. The van der Waals surface area contributed by atoms with Gasteiger partial charge < -0.3 is 159 Å². The van der Waals surface area contributed by atoms with Crippen LogP contribution in [0.1, 0.15) is 175 Å². The highest BCUT2D eigenvalue weighted by atomic mass is 16.4. The van der Waals surface area contributed by atoms with Gasteiger partial charge in [-0.1, -0.05) is 84.7 Å². The predicted octanol–water partition coefficient (Wildman–Crippen LogP) is -9.52. The number of aromatic nitrogens is 3. The van der Waals surface area contributed by atoms with Crippen molar-refractivity contribution < 1.29 is 141 Å². The van der Waals surface area contributed by atoms with Gasteiger partial charge in [-0.25, -0.2) is 9.78 Å². The third-order valence-electron chi connectivity index (χ3n) is 24.7. The van der Waals surface area contributed by atoms with Crippen LogP contribution < -0.4 is 114 Å². The number of hydrogen-bond acceptors (Lipinski definition) is 29. The number of carbonyl (C=O) groups is 24. The molecule has 812 valence electrons. The molecule has 34 N–H and O–H groups in total. The van der Waals surface area contributed by atoms with Crippen molar-refractivity contribution in [2.24, 2.45) is 52.2 Å². The fourth-order valence-electron chi connectivity index (χ4n) is 16.2. The summed E-state index contributed by atoms with van der Waals surface area (Å²) >= 11 is 0. The van der Waals surface area contributed by atoms with Crippen molar-refractivity contribution in [1.82, 2.24) is 105 Å². The van der Waals surface area contributed by atoms with E-state index in [4.69, 9.17) is 34.4 Å². The lowest BCUT2D eigenvalue weighted by Gasteiger charge is -2.32. The molecule has 2 aliphatic heterocycles. The number of aromatic hydroxyl groups is 1. The zero-order chi connectivity index (χ0) is 110. The Morgan fingerprint density at radius 1 is 0.453 bits per heavy atom. The standard InChI is InChI=1S/C93H136N26O29/c1-9-44(5)74(89(143)108-57(25-28-69(97)125)79(133)107-56(24-27-68(96)124)81(135)112-61(34-50-39-100-42-103-50)85(139)117-76(47(8)121)93(147)148)116-86(140)62(36-71(99)127)105-72(128)40-102-78(132)63(37-73(129)130)113-90(144)75(45(6)10-2)115-84(138)58(31-43(3)4)109-83(137)60(33-49-38-101-54-16-12-11-15-52(49)54)111-87(141)64(41-120)114-82(136)59(32-48-19-21-51(122)22-20-48)110-80(134)55(23-26-67(95)123)106-77(131)46(7)104-88(142)65-17-13-29-118(65)92(146)66-18-14-30-119(66)91(145)53(94)35-70(98)126/h11-12,15-16,19-22,38-39,42-47,53,55-66,74-76,101,120-122H,9-10,13-14,17-18,23-37,40-41,94H2,1-8H3,(H2,95,123)(H2,96,124)(H2,97,125)(H2,98,126)(H2,99,127)(H,100,103)(H,102,132)(H,104,142)(H,105,128)(H,106,131)(H,107,133)(H,108,143)(H,109,137)(H,110,134)(H,111,141)(H,112,135)(H,113,144)(H,114,136)(H,115,138)(H,116,140)(H,117,139)(H,129,130)(H,147,148)/t44-,45-,46-,47+,53-,55-,56-,57-,58-,59-,60-,61-,62-,63-,64-,65-,66-,74-,75-,76-/m0/s1. The topological polar surface area (TPSA) is 898 Å². The number of fused-ring (bicyclic) bond motifs is 1. The van der Waals surface area contributed by atoms with Gasteiger partial charge in [-0.2, -0.15) is 0 Å². The molecule has 2 aliphatic rings. The van der Waals surface area contributed by atoms with Gasteiger partial charge in [0.25, 0.3) is 0 Å². The minimum absolute atomic E-state index is 0.0717. The number of carbonyl (C=O) groups excluding carboxylic acids is 22. The SMILES string of the molecule is CC[C@H](C)[C@H](NC(=O)[C@H](CC(C)C)NC(=O)[C@H](Cc1c[nH]c2ccccc12)NC(=O)[C@H](CO)NC(=O)[C@H](Cc1ccc(O)cc1)NC(=O)[C@H](CCC(N)=O)NC(=O)[C@H](C)NC(=O)[C@@H]1CCCN1C(=O)[C@@H]1CCCN1C(=O)[C@@H](N)CC(N)=O)C(=O)N[C@@H](CC(=O)O)C(=O)NCC(=O)N[C@@H](CC(N)=O)C(=O)N[C@H](C(=O)N[C@@H](CCC(N)=O)C(=O)N[C@@H](CCC(N)=O)C(=O)N[C@@H](Cc1cnc[nH]1)C(=O)N[C@H](C(=O)O)[C@@H](C)O)[C@@H](C)CC. The van der Waals surface area contributed by atoms with Crippen LogP contribution in [0.2, 0.25) is 0 Å². The Kier molecular flexibility index (Phi) is 47.6. The molecule has 148 heavy (non-hydrogen) atoms. The maximum atomic E-state index is 15.1. The third kappa shape index (κ3) is 38.0. The Balaban J connectivity index is 1.17. The Morgan fingerprint density at radius 2 is 0.892 bits per heavy atom. The van der Waals surface area contributed by atoms with E-state index in [1.165, 1.54) is 73.6 Å². The molecule has 0 unspecified atom stereocenters. The first-order valence-electron chi connectivity index (χ1n) is 48.1. The third-order valence-corrected chi connectivity index (χ3v) is 24.7. The fraction of sp³-hybridized carbons (Fsp3) is 0.559. The average molecular weight is 2080 g/mol. The number of hydrogen-bond donors (Lipinski definition) is 28. The van der Waals surface area contributed by atoms with E-state index in [0.717, 1.165) is 6.92 Å². The predicted molar refractivity (Wildman–Crippen MR) is 519 cm³/mol. The van der Waals surface area contributed by atoms with Crippen molar-refractivity contribution in [3.05, 3.63) is 84.1 Å². The van der Waals surface area contributed by atoms with Crippen molar-refractivity contribution in [2.45, 2.75) is 286 Å². The number of aromatic amines is 2. The zero-order valence-corrected chi connectivity index (χ0v) is 83.1. The van der Waals surface area contributed by atoms with Crippen molar-refractivity contribution in [2.75, 3.05) is 26.2 Å². The monoisotopic (exact) mass is 2080 g/mol. The number of likely N-dealkylation sites (tertiary alicyclic amines) is 2. The van der Waals surface area contributed by atoms with E-state index in [-0.39, 0.29) is 68.6 Å². The molecule has 4 aromatic rings. The quantitative estimate of drug-likeness (QED) is 0.0195. The molecule has 2 fully saturated rings. The summed E-state index contributed by atoms with van der Waals surface area (Å²) in [6.07, 6.45) is -3.90. The number of para-hydroxylation sites is 1. The highest BCUT2D eigenvalue weighted by molar-refractivity contribution is 6.03. The first-order chi connectivity index (χ1) is 69.7. The molecule has 55 nitrogen and oxygen atoms in total. The Bertz CT molecular complexity index is 5430. The number of carboxylic acid groups (broad SMARTS) is 2. The molecule has 0 aliphatic carbocycles. The molecule has 0 radical (unpaired) electrons. The van der Waals surface area contributed by atoms with E-state index >= 15 is 4.79 Å². The summed E-state index contributed by atoms with van der Waals surface area (Å²) in [6, 6.07) is -16.4. The Hall–Kier alpha value is -15.8. The lowest BCUT2D eigenvalue weighted by molar-refractivity contribution is -0.147. The number of amides is 22. The van der Waals surface area contributed by atoms with Crippen LogP contribution in [0.5, 0.6) is 5.75 Å². The largest absolute Gasteiger partial charge is 0.508 e. The number of phenols is 1. The average Bonchev–Trinajstić information content (AvgIpc) is 1.65. The van der Waals surface area contributed by atoms with Gasteiger partial charge in [0, 0.05) is 80.6 Å². The summed E-state index contributed by atoms with van der Waals surface area (Å²) in [5, 5.41) is 87.4. The van der Waals surface area contributed by atoms with Gasteiger partial charge in [-0.05, 0) is 112 Å². The van der Waals surface area contributed by atoms with Crippen LogP contribution in [-0.4, -0.2) is 327 Å². The summed E-state index contributed by atoms with van der Waals surface area (Å²) in [6.45, 7) is 9.61. The number of nitrogens with two attached hydrogens (primary N) is 6. The maximum Gasteiger partial charge on any atom is 0.328 e. The number of rotatable bonds is 62. The maximum absolute atomic E-state index is 15.1. The Morgan fingerprint density at radius 3 is 1.39 bits per heavy atom. The van der Waals surface area contributed by atoms with Crippen LogP contribution in [0.3, 0.4) is 0 Å². The lowest BCUT2D eigenvalue weighted by atomic mass is 9.96. The summed E-state index contributed by atoms with van der Waals surface area (Å²) < 4.78 is 0. The van der Waals surface area contributed by atoms with E-state index in [0.29, 0.717) is 29.3 Å². The van der Waals surface area contributed by atoms with Crippen molar-refractivity contribution in [3.63, 3.8) is 0 Å². The van der Waals surface area contributed by atoms with Gasteiger partial charge in [0.15, 0.2) is 6.04 Å². The first kappa shape index (κ1) is 121. The van der Waals surface area contributed by atoms with Gasteiger partial charge in [0.05, 0.1) is 50.9 Å². The molecule has 20 atom stereocenters. The van der Waals surface area contributed by atoms with E-state index in [9.17, 15) is 136 Å². The molecule has 2 aromatic heterocycles. The molecule has 0 bridgehead atoms. The Labute approximate surface area is 848 Å². The summed E-state index contributed by atoms with van der Waals surface area (Å²) in [5.41, 5.74) is 34.5. The molecule has 0 saturated carbocycles. The number of nitrogens with one attached hydrogen (secondary N) is 17. The van der Waals surface area contributed by atoms with Crippen molar-refractivity contribution >= 4 is 153 Å². The molecule has 55 heteroatoms. The van der Waals surface area contributed by atoms with Gasteiger partial charge in [0.1, 0.15) is 96.4 Å². The van der Waals surface area contributed by atoms with Gasteiger partial charge in [0.2, 0.25) is 130 Å². The molecular weight excluding hydrogens is 1950 g/mol. The first-order valence-corrected chi connectivity index (χ1v) is 48.1. The number of phenolic OH excluding ortho intramolecular Hbond substituents is 1. The van der Waals surface area contributed by atoms with Crippen LogP contribution >= 0.6 is 0 Å². The van der Waals surface area contributed by atoms with Crippen molar-refractivity contribution in [3.8, 4) is 5.75 Å². The van der Waals surface area contributed by atoms with E-state index in [1.54, 1.807) is 52.0 Å². The number of nitrogens with zero attached hydrogens (tertiary/aromatic N) is 3. The van der Waals surface area contributed by atoms with Crippen LogP contribution in [-0.2, 0) is 134 Å². The summed E-state index contributed by atoms with van der Waals surface area (Å²) in [5.74, 6) is -29.4.